The maximum absolute atomic E-state index is 5.19. The molecule has 0 N–H and O–H groups in total. The van der Waals surface area contributed by atoms with Gasteiger partial charge in [0.2, 0.25) is 5.95 Å². The molecule has 5 heteroatoms. The molecule has 232 valence electrons. The largest absolute Gasteiger partial charge is 0.278 e. The summed E-state index contributed by atoms with van der Waals surface area (Å²) in [5, 5.41) is 12.4. The fraction of sp³-hybridized carbons (Fsp3) is 0. The monoisotopic (exact) mass is 654 g/mol. The number of hydrogen-bond donors (Lipinski definition) is 0. The molecule has 4 nitrogen and oxygen atoms in total. The first-order valence-corrected chi connectivity index (χ1v) is 17.6. The lowest BCUT2D eigenvalue weighted by Gasteiger charge is -2.12. The number of para-hydroxylation sites is 2. The Kier molecular flexibility index (Phi) is 5.80. The first-order valence-electron chi connectivity index (χ1n) is 16.8. The minimum atomic E-state index is 0.600. The van der Waals surface area contributed by atoms with Crippen LogP contribution in [0.1, 0.15) is 0 Å². The zero-order valence-electron chi connectivity index (χ0n) is 26.7. The quantitative estimate of drug-likeness (QED) is 0.178. The Balaban J connectivity index is 1.16. The summed E-state index contributed by atoms with van der Waals surface area (Å²) < 4.78 is 4.79. The van der Waals surface area contributed by atoms with E-state index in [-0.39, 0.29) is 0 Å². The summed E-state index contributed by atoms with van der Waals surface area (Å²) >= 11 is 1.87. The van der Waals surface area contributed by atoms with Crippen LogP contribution >= 0.6 is 11.3 Å². The van der Waals surface area contributed by atoms with Crippen LogP contribution in [0.15, 0.2) is 158 Å². The number of benzene rings is 8. The van der Waals surface area contributed by atoms with Gasteiger partial charge in [0.05, 0.1) is 11.0 Å². The Bertz CT molecular complexity index is 3100. The van der Waals surface area contributed by atoms with E-state index in [1.54, 1.807) is 0 Å². The van der Waals surface area contributed by atoms with Crippen molar-refractivity contribution in [2.75, 3.05) is 0 Å². The molecule has 0 radical (unpaired) electrons. The number of thiophene rings is 1. The van der Waals surface area contributed by atoms with Gasteiger partial charge in [-0.2, -0.15) is 9.97 Å². The molecule has 0 aliphatic heterocycles. The second-order valence-electron chi connectivity index (χ2n) is 12.9. The van der Waals surface area contributed by atoms with Gasteiger partial charge >= 0.3 is 0 Å². The van der Waals surface area contributed by atoms with E-state index in [0.29, 0.717) is 17.6 Å². The average molecular weight is 655 g/mol. The molecule has 3 aromatic heterocycles. The van der Waals surface area contributed by atoms with E-state index in [1.165, 1.54) is 57.9 Å². The number of rotatable bonds is 3. The van der Waals surface area contributed by atoms with Crippen molar-refractivity contribution in [2.45, 2.75) is 0 Å². The van der Waals surface area contributed by atoms with E-state index in [1.807, 2.05) is 29.5 Å². The number of nitrogens with zero attached hydrogens (tertiary/aromatic N) is 4. The summed E-state index contributed by atoms with van der Waals surface area (Å²) in [5.74, 6) is 1.89. The van der Waals surface area contributed by atoms with E-state index in [2.05, 4.69) is 144 Å². The molecule has 3 heterocycles. The van der Waals surface area contributed by atoms with Crippen LogP contribution in [0.4, 0.5) is 0 Å². The Labute approximate surface area is 290 Å². The first kappa shape index (κ1) is 27.5. The van der Waals surface area contributed by atoms with Gasteiger partial charge in [-0.05, 0) is 68.7 Å². The van der Waals surface area contributed by atoms with Gasteiger partial charge in [-0.3, -0.25) is 4.57 Å². The van der Waals surface area contributed by atoms with Gasteiger partial charge in [0.1, 0.15) is 0 Å². The molecule has 0 aliphatic carbocycles. The highest BCUT2D eigenvalue weighted by Gasteiger charge is 2.18. The van der Waals surface area contributed by atoms with Crippen LogP contribution in [0.5, 0.6) is 0 Å². The summed E-state index contributed by atoms with van der Waals surface area (Å²) in [4.78, 5) is 15.4. The third kappa shape index (κ3) is 4.08. The highest BCUT2D eigenvalue weighted by atomic mass is 32.1. The Morgan fingerprint density at radius 2 is 1.02 bits per heavy atom. The van der Waals surface area contributed by atoms with Crippen molar-refractivity contribution < 1.29 is 0 Å². The predicted molar refractivity (Wildman–Crippen MR) is 210 cm³/mol. The molecular weight excluding hydrogens is 629 g/mol. The van der Waals surface area contributed by atoms with Gasteiger partial charge in [0.15, 0.2) is 11.6 Å². The molecule has 0 saturated heterocycles. The molecule has 0 spiro atoms. The van der Waals surface area contributed by atoms with Gasteiger partial charge in [-0.25, -0.2) is 4.98 Å². The second kappa shape index (κ2) is 10.5. The number of fused-ring (bicyclic) bond motifs is 11. The van der Waals surface area contributed by atoms with Gasteiger partial charge in [0.25, 0.3) is 0 Å². The molecule has 0 amide bonds. The fourth-order valence-corrected chi connectivity index (χ4v) is 8.84. The van der Waals surface area contributed by atoms with Crippen molar-refractivity contribution in [2.24, 2.45) is 0 Å². The number of hydrogen-bond acceptors (Lipinski definition) is 4. The lowest BCUT2D eigenvalue weighted by atomic mass is 9.95. The molecule has 0 saturated carbocycles. The molecule has 0 aliphatic rings. The zero-order chi connectivity index (χ0) is 32.8. The Morgan fingerprint density at radius 1 is 0.380 bits per heavy atom. The highest BCUT2D eigenvalue weighted by Crippen LogP contribution is 2.43. The second-order valence-corrected chi connectivity index (χ2v) is 13.9. The van der Waals surface area contributed by atoms with Crippen LogP contribution in [-0.4, -0.2) is 19.5 Å². The molecule has 0 bridgehead atoms. The molecule has 0 atom stereocenters. The van der Waals surface area contributed by atoms with Crippen LogP contribution in [0.3, 0.4) is 0 Å². The van der Waals surface area contributed by atoms with E-state index in [9.17, 15) is 0 Å². The summed E-state index contributed by atoms with van der Waals surface area (Å²) in [5.41, 5.74) is 4.03. The lowest BCUT2D eigenvalue weighted by molar-refractivity contribution is 0.953. The predicted octanol–water partition coefficient (Wildman–Crippen LogP) is 12.1. The maximum atomic E-state index is 5.19. The zero-order valence-corrected chi connectivity index (χ0v) is 27.5. The van der Waals surface area contributed by atoms with Crippen LogP contribution in [0, 0.1) is 0 Å². The van der Waals surface area contributed by atoms with E-state index in [4.69, 9.17) is 15.0 Å². The third-order valence-corrected chi connectivity index (χ3v) is 11.1. The van der Waals surface area contributed by atoms with E-state index >= 15 is 0 Å². The average Bonchev–Trinajstić information content (AvgIpc) is 3.72. The normalized spacial score (nSPS) is 12.0. The van der Waals surface area contributed by atoms with Gasteiger partial charge in [0, 0.05) is 42.1 Å². The molecule has 11 rings (SSSR count). The minimum absolute atomic E-state index is 0.600. The van der Waals surface area contributed by atoms with Crippen LogP contribution in [0.25, 0.3) is 103 Å². The molecule has 0 fully saturated rings. The highest BCUT2D eigenvalue weighted by molar-refractivity contribution is 7.26. The van der Waals surface area contributed by atoms with Crippen LogP contribution < -0.4 is 0 Å². The van der Waals surface area contributed by atoms with Crippen molar-refractivity contribution in [1.29, 1.82) is 0 Å². The van der Waals surface area contributed by atoms with Gasteiger partial charge in [-0.15, -0.1) is 11.3 Å². The first-order chi connectivity index (χ1) is 24.8. The molecule has 50 heavy (non-hydrogen) atoms. The lowest BCUT2D eigenvalue weighted by Crippen LogP contribution is -2.06. The summed E-state index contributed by atoms with van der Waals surface area (Å²) in [6, 6.07) is 56.1. The van der Waals surface area contributed by atoms with Crippen molar-refractivity contribution in [3.63, 3.8) is 0 Å². The van der Waals surface area contributed by atoms with Crippen LogP contribution in [0.2, 0.25) is 0 Å². The minimum Gasteiger partial charge on any atom is -0.278 e. The van der Waals surface area contributed by atoms with Crippen molar-refractivity contribution in [3.8, 4) is 28.7 Å². The van der Waals surface area contributed by atoms with Crippen LogP contribution in [-0.2, 0) is 0 Å². The summed E-state index contributed by atoms with van der Waals surface area (Å²) in [6.07, 6.45) is 0. The Morgan fingerprint density at radius 3 is 1.80 bits per heavy atom. The van der Waals surface area contributed by atoms with E-state index < -0.39 is 0 Å². The van der Waals surface area contributed by atoms with Crippen molar-refractivity contribution in [1.82, 2.24) is 19.5 Å². The summed E-state index contributed by atoms with van der Waals surface area (Å²) in [6.45, 7) is 0. The fourth-order valence-electron chi connectivity index (χ4n) is 7.69. The maximum Gasteiger partial charge on any atom is 0.238 e. The Hall–Kier alpha value is -6.43. The smallest absolute Gasteiger partial charge is 0.238 e. The molecule has 8 aromatic carbocycles. The topological polar surface area (TPSA) is 43.6 Å². The molecule has 0 unspecified atom stereocenters. The SMILES string of the molecule is c1ccc(-c2nc(-c3ccc4c(ccc5ccc6sc7cc8ccccc8cc7c6c54)c3)nc(-n3c4ccccc4c4ccccc43)n2)cc1. The van der Waals surface area contributed by atoms with E-state index in [0.717, 1.165) is 27.5 Å². The standard InChI is InChI=1S/C45H26N4S/c1-2-10-28(11-3-1)43-46-44(48-45(47-43)49-37-16-8-6-14-34(37)35-15-7-9-17-38(35)49)32-20-22-33-31(24-32)19-18-27-21-23-39-42(41(27)33)36-25-29-12-4-5-13-30(29)26-40(36)50-39/h1-26H. The summed E-state index contributed by atoms with van der Waals surface area (Å²) in [7, 11) is 0. The van der Waals surface area contributed by atoms with Gasteiger partial charge in [-0.1, -0.05) is 121 Å². The van der Waals surface area contributed by atoms with Crippen molar-refractivity contribution in [3.05, 3.63) is 158 Å². The third-order valence-electron chi connectivity index (χ3n) is 9.99. The number of aromatic nitrogens is 4. The molecule has 11 aromatic rings. The molecular formula is C45H26N4S. The van der Waals surface area contributed by atoms with Gasteiger partial charge < -0.3 is 0 Å². The van der Waals surface area contributed by atoms with Crippen molar-refractivity contribution >= 4 is 85.6 Å².